The smallest absolute Gasteiger partial charge is 0.266 e. The van der Waals surface area contributed by atoms with Gasteiger partial charge in [0, 0.05) is 23.2 Å². The molecule has 1 aliphatic heterocycles. The molecule has 1 fully saturated rings. The van der Waals surface area contributed by atoms with Crippen LogP contribution in [0.4, 0.5) is 4.39 Å². The van der Waals surface area contributed by atoms with E-state index in [2.05, 4.69) is 4.98 Å². The number of hydrogen-bond acceptors (Lipinski definition) is 5. The monoisotopic (exact) mass is 465 g/mol. The summed E-state index contributed by atoms with van der Waals surface area (Å²) >= 11 is 0. The minimum absolute atomic E-state index is 0.128. The molecular formula is C26H28FN3O4. The Morgan fingerprint density at radius 2 is 1.97 bits per heavy atom. The van der Waals surface area contributed by atoms with Gasteiger partial charge in [-0.05, 0) is 61.2 Å². The molecule has 0 bridgehead atoms. The van der Waals surface area contributed by atoms with Crippen molar-refractivity contribution in [2.75, 3.05) is 6.54 Å². The highest BCUT2D eigenvalue weighted by atomic mass is 19.1. The minimum atomic E-state index is -0.714. The number of aryl methyl sites for hydroxylation is 1. The summed E-state index contributed by atoms with van der Waals surface area (Å²) in [5.41, 5.74) is 4.91. The van der Waals surface area contributed by atoms with Crippen molar-refractivity contribution in [3.8, 4) is 5.75 Å². The number of benzene rings is 2. The van der Waals surface area contributed by atoms with E-state index in [0.717, 1.165) is 16.8 Å². The molecule has 2 atom stereocenters. The van der Waals surface area contributed by atoms with Crippen molar-refractivity contribution in [2.45, 2.75) is 45.8 Å². The number of pyridine rings is 1. The number of fused-ring (bicyclic) bond motifs is 1. The molecule has 1 saturated heterocycles. The van der Waals surface area contributed by atoms with Crippen LogP contribution in [0.5, 0.6) is 5.75 Å². The molecule has 0 spiro atoms. The summed E-state index contributed by atoms with van der Waals surface area (Å²) in [7, 11) is 0. The second-order valence-corrected chi connectivity index (χ2v) is 8.98. The molecule has 2 heterocycles. The Morgan fingerprint density at radius 3 is 2.65 bits per heavy atom. The van der Waals surface area contributed by atoms with Crippen molar-refractivity contribution in [3.63, 3.8) is 0 Å². The summed E-state index contributed by atoms with van der Waals surface area (Å²) in [5.74, 6) is -0.883. The number of hydroxylamine groups is 1. The van der Waals surface area contributed by atoms with Gasteiger partial charge in [0.05, 0.1) is 11.4 Å². The van der Waals surface area contributed by atoms with E-state index in [4.69, 9.17) is 9.94 Å². The third-order valence-corrected chi connectivity index (χ3v) is 6.25. The van der Waals surface area contributed by atoms with Crippen LogP contribution in [0.1, 0.15) is 43.0 Å². The zero-order valence-electron chi connectivity index (χ0n) is 19.4. The minimum Gasteiger partial charge on any atom is -0.489 e. The maximum absolute atomic E-state index is 13.8. The van der Waals surface area contributed by atoms with E-state index < -0.39 is 11.9 Å². The summed E-state index contributed by atoms with van der Waals surface area (Å²) in [6.07, 6.45) is 0.592. The molecule has 178 valence electrons. The SMILES string of the molecule is Cc1cc(COc2ccc(C3CCN(C(C(=O)NO)C(C)C)C3=O)cc2)c2cc(F)ccc2n1. The van der Waals surface area contributed by atoms with Crippen molar-refractivity contribution < 1.29 is 23.9 Å². The van der Waals surface area contributed by atoms with Crippen LogP contribution in [-0.2, 0) is 16.2 Å². The number of carbonyl (C=O) groups is 2. The number of ether oxygens (including phenoxy) is 1. The van der Waals surface area contributed by atoms with Crippen LogP contribution >= 0.6 is 0 Å². The number of carbonyl (C=O) groups excluding carboxylic acids is 2. The van der Waals surface area contributed by atoms with Crippen molar-refractivity contribution in [3.05, 3.63) is 71.2 Å². The summed E-state index contributed by atoms with van der Waals surface area (Å²) in [6, 6.07) is 13.0. The molecule has 2 N–H and O–H groups in total. The molecule has 8 heteroatoms. The van der Waals surface area contributed by atoms with E-state index in [1.54, 1.807) is 16.4 Å². The molecular weight excluding hydrogens is 437 g/mol. The quantitative estimate of drug-likeness (QED) is 0.405. The highest BCUT2D eigenvalue weighted by Crippen LogP contribution is 2.32. The molecule has 0 aliphatic carbocycles. The molecule has 2 amide bonds. The van der Waals surface area contributed by atoms with Crippen LogP contribution in [-0.4, -0.2) is 39.5 Å². The van der Waals surface area contributed by atoms with Gasteiger partial charge in [-0.2, -0.15) is 0 Å². The maximum Gasteiger partial charge on any atom is 0.266 e. The van der Waals surface area contributed by atoms with Gasteiger partial charge in [-0.3, -0.25) is 19.8 Å². The Balaban J connectivity index is 1.46. The molecule has 1 aliphatic rings. The normalized spacial score (nSPS) is 16.8. The average Bonchev–Trinajstić information content (AvgIpc) is 3.18. The van der Waals surface area contributed by atoms with Gasteiger partial charge in [0.25, 0.3) is 5.91 Å². The summed E-state index contributed by atoms with van der Waals surface area (Å²) in [4.78, 5) is 31.1. The first-order valence-corrected chi connectivity index (χ1v) is 11.3. The highest BCUT2D eigenvalue weighted by Gasteiger charge is 2.40. The molecule has 1 aromatic heterocycles. The first-order valence-electron chi connectivity index (χ1n) is 11.3. The lowest BCUT2D eigenvalue weighted by atomic mass is 9.97. The van der Waals surface area contributed by atoms with E-state index in [9.17, 15) is 14.0 Å². The molecule has 34 heavy (non-hydrogen) atoms. The van der Waals surface area contributed by atoms with E-state index >= 15 is 0 Å². The lowest BCUT2D eigenvalue weighted by molar-refractivity contribution is -0.144. The fourth-order valence-electron chi connectivity index (χ4n) is 4.65. The van der Waals surface area contributed by atoms with Crippen LogP contribution < -0.4 is 10.2 Å². The lowest BCUT2D eigenvalue weighted by Gasteiger charge is -2.29. The third kappa shape index (κ3) is 4.72. The van der Waals surface area contributed by atoms with E-state index in [1.165, 1.54) is 12.1 Å². The van der Waals surface area contributed by atoms with Crippen molar-refractivity contribution >= 4 is 22.7 Å². The maximum atomic E-state index is 13.8. The number of rotatable bonds is 7. The summed E-state index contributed by atoms with van der Waals surface area (Å²) in [5, 5.41) is 9.77. The van der Waals surface area contributed by atoms with Gasteiger partial charge < -0.3 is 9.64 Å². The Morgan fingerprint density at radius 1 is 1.24 bits per heavy atom. The van der Waals surface area contributed by atoms with Crippen LogP contribution in [0.25, 0.3) is 10.9 Å². The fraction of sp³-hybridized carbons (Fsp3) is 0.346. The predicted octanol–water partition coefficient (Wildman–Crippen LogP) is 4.11. The van der Waals surface area contributed by atoms with Crippen LogP contribution in [0.3, 0.4) is 0 Å². The number of halogens is 1. The second kappa shape index (κ2) is 9.77. The van der Waals surface area contributed by atoms with Crippen molar-refractivity contribution in [1.29, 1.82) is 0 Å². The van der Waals surface area contributed by atoms with Gasteiger partial charge in [-0.15, -0.1) is 0 Å². The Bertz CT molecular complexity index is 1210. The van der Waals surface area contributed by atoms with Gasteiger partial charge in [-0.1, -0.05) is 26.0 Å². The fourth-order valence-corrected chi connectivity index (χ4v) is 4.65. The average molecular weight is 466 g/mol. The van der Waals surface area contributed by atoms with Gasteiger partial charge in [0.1, 0.15) is 24.2 Å². The van der Waals surface area contributed by atoms with Gasteiger partial charge in [0.15, 0.2) is 0 Å². The third-order valence-electron chi connectivity index (χ3n) is 6.25. The first kappa shape index (κ1) is 23.6. The van der Waals surface area contributed by atoms with Crippen LogP contribution in [0.15, 0.2) is 48.5 Å². The molecule has 0 saturated carbocycles. The Kier molecular flexibility index (Phi) is 6.79. The second-order valence-electron chi connectivity index (χ2n) is 8.98. The largest absolute Gasteiger partial charge is 0.489 e. The van der Waals surface area contributed by atoms with E-state index in [1.807, 2.05) is 51.1 Å². The molecule has 7 nitrogen and oxygen atoms in total. The molecule has 3 aromatic rings. The summed E-state index contributed by atoms with van der Waals surface area (Å²) in [6.45, 7) is 6.27. The van der Waals surface area contributed by atoms with Gasteiger partial charge in [-0.25, -0.2) is 9.87 Å². The predicted molar refractivity (Wildman–Crippen MR) is 125 cm³/mol. The lowest BCUT2D eigenvalue weighted by Crippen LogP contribution is -2.50. The topological polar surface area (TPSA) is 91.8 Å². The number of amides is 2. The van der Waals surface area contributed by atoms with E-state index in [-0.39, 0.29) is 30.2 Å². The van der Waals surface area contributed by atoms with Gasteiger partial charge in [0.2, 0.25) is 5.91 Å². The van der Waals surface area contributed by atoms with Crippen LogP contribution in [0.2, 0.25) is 0 Å². The summed E-state index contributed by atoms with van der Waals surface area (Å²) < 4.78 is 19.7. The standard InChI is InChI=1S/C26H28FN3O4/c1-15(2)24(25(31)29-33)30-11-10-21(26(30)32)17-4-7-20(8-5-17)34-14-18-12-16(3)28-23-9-6-19(27)13-22(18)23/h4-9,12-13,15,21,24,33H,10-11,14H2,1-3H3,(H,29,31). The number of hydrogen-bond donors (Lipinski definition) is 2. The molecule has 0 radical (unpaired) electrons. The van der Waals surface area contributed by atoms with Gasteiger partial charge >= 0.3 is 0 Å². The van der Waals surface area contributed by atoms with Crippen molar-refractivity contribution in [1.82, 2.24) is 15.4 Å². The zero-order chi connectivity index (χ0) is 24.4. The van der Waals surface area contributed by atoms with E-state index in [0.29, 0.717) is 29.6 Å². The highest BCUT2D eigenvalue weighted by molar-refractivity contribution is 5.92. The Hall–Kier alpha value is -3.52. The molecule has 2 aromatic carbocycles. The van der Waals surface area contributed by atoms with Crippen molar-refractivity contribution in [2.24, 2.45) is 5.92 Å². The molecule has 4 rings (SSSR count). The first-order chi connectivity index (χ1) is 16.3. The van der Waals surface area contributed by atoms with Crippen LogP contribution in [0, 0.1) is 18.7 Å². The Labute approximate surface area is 197 Å². The number of nitrogens with zero attached hydrogens (tertiary/aromatic N) is 2. The number of aromatic nitrogens is 1. The zero-order valence-corrected chi connectivity index (χ0v) is 19.4. The number of nitrogens with one attached hydrogen (secondary N) is 1. The number of likely N-dealkylation sites (tertiary alicyclic amines) is 1. The molecule has 2 unspecified atom stereocenters.